The van der Waals surface area contributed by atoms with Crippen LogP contribution >= 0.6 is 0 Å². The van der Waals surface area contributed by atoms with Gasteiger partial charge in [0.25, 0.3) is 0 Å². The van der Waals surface area contributed by atoms with Crippen molar-refractivity contribution in [1.82, 2.24) is 0 Å². The molecule has 118 valence electrons. The summed E-state index contributed by atoms with van der Waals surface area (Å²) in [7, 11) is 1.65. The lowest BCUT2D eigenvalue weighted by Gasteiger charge is -2.13. The maximum atomic E-state index is 12.0. The second-order valence-corrected chi connectivity index (χ2v) is 5.06. The van der Waals surface area contributed by atoms with Crippen molar-refractivity contribution >= 4 is 16.7 Å². The van der Waals surface area contributed by atoms with Crippen molar-refractivity contribution in [2.75, 3.05) is 26.9 Å². The molecule has 0 bridgehead atoms. The molecule has 0 heterocycles. The molecule has 2 aromatic carbocycles. The predicted molar refractivity (Wildman–Crippen MR) is 86.4 cm³/mol. The van der Waals surface area contributed by atoms with E-state index >= 15 is 0 Å². The number of methoxy groups -OCH3 is 1. The Balaban J connectivity index is 2.07. The molecule has 4 nitrogen and oxygen atoms in total. The maximum Gasteiger partial charge on any atom is 0.313 e. The van der Waals surface area contributed by atoms with Crippen LogP contribution in [0.3, 0.4) is 0 Å². The molecular formula is C18H22O4. The van der Waals surface area contributed by atoms with Crippen LogP contribution in [0.5, 0.6) is 5.75 Å². The summed E-state index contributed by atoms with van der Waals surface area (Å²) >= 11 is 0. The molecule has 4 heteroatoms. The summed E-state index contributed by atoms with van der Waals surface area (Å²) in [6, 6.07) is 11.9. The van der Waals surface area contributed by atoms with E-state index in [4.69, 9.17) is 14.2 Å². The highest BCUT2D eigenvalue weighted by molar-refractivity contribution is 5.86. The van der Waals surface area contributed by atoms with Crippen molar-refractivity contribution in [3.05, 3.63) is 42.0 Å². The van der Waals surface area contributed by atoms with Crippen LogP contribution in [0.15, 0.2) is 36.4 Å². The molecule has 1 unspecified atom stereocenters. The Morgan fingerprint density at radius 2 is 1.82 bits per heavy atom. The van der Waals surface area contributed by atoms with Crippen LogP contribution in [-0.4, -0.2) is 32.9 Å². The van der Waals surface area contributed by atoms with Crippen molar-refractivity contribution in [2.45, 2.75) is 19.8 Å². The van der Waals surface area contributed by atoms with E-state index < -0.39 is 0 Å². The molecular weight excluding hydrogens is 280 g/mol. The maximum absolute atomic E-state index is 12.0. The normalized spacial score (nSPS) is 12.1. The Morgan fingerprint density at radius 1 is 1.09 bits per heavy atom. The van der Waals surface area contributed by atoms with Crippen LogP contribution in [-0.2, 0) is 14.3 Å². The average molecular weight is 302 g/mol. The number of ether oxygens (including phenoxy) is 3. The van der Waals surface area contributed by atoms with Gasteiger partial charge >= 0.3 is 5.97 Å². The lowest BCUT2D eigenvalue weighted by molar-refractivity contribution is -0.146. The van der Waals surface area contributed by atoms with Crippen molar-refractivity contribution in [1.29, 1.82) is 0 Å². The first-order chi connectivity index (χ1) is 10.7. The molecule has 0 fully saturated rings. The van der Waals surface area contributed by atoms with E-state index in [9.17, 15) is 4.79 Å². The van der Waals surface area contributed by atoms with Gasteiger partial charge in [-0.25, -0.2) is 0 Å². The summed E-state index contributed by atoms with van der Waals surface area (Å²) in [5.74, 6) is 0.296. The zero-order valence-electron chi connectivity index (χ0n) is 13.3. The Hall–Kier alpha value is -2.07. The number of rotatable bonds is 7. The van der Waals surface area contributed by atoms with E-state index in [1.807, 2.05) is 50.2 Å². The van der Waals surface area contributed by atoms with Gasteiger partial charge in [0.1, 0.15) is 12.4 Å². The van der Waals surface area contributed by atoms with Crippen LogP contribution in [0.2, 0.25) is 0 Å². The Labute approximate surface area is 131 Å². The lowest BCUT2D eigenvalue weighted by Crippen LogP contribution is -2.16. The molecule has 0 spiro atoms. The average Bonchev–Trinajstić information content (AvgIpc) is 2.56. The Morgan fingerprint density at radius 3 is 2.55 bits per heavy atom. The molecule has 0 aliphatic rings. The van der Waals surface area contributed by atoms with Crippen molar-refractivity contribution in [3.8, 4) is 5.75 Å². The van der Waals surface area contributed by atoms with Gasteiger partial charge in [0.2, 0.25) is 0 Å². The topological polar surface area (TPSA) is 44.8 Å². The molecule has 0 aliphatic heterocycles. The summed E-state index contributed by atoms with van der Waals surface area (Å²) in [4.78, 5) is 12.0. The molecule has 0 aromatic heterocycles. The molecule has 1 atom stereocenters. The van der Waals surface area contributed by atoms with E-state index in [-0.39, 0.29) is 11.9 Å². The highest BCUT2D eigenvalue weighted by atomic mass is 16.6. The van der Waals surface area contributed by atoms with Crippen LogP contribution < -0.4 is 4.74 Å². The Bertz CT molecular complexity index is 636. The van der Waals surface area contributed by atoms with Crippen LogP contribution in [0, 0.1) is 0 Å². The minimum atomic E-state index is -0.298. The molecule has 0 radical (unpaired) electrons. The van der Waals surface area contributed by atoms with Gasteiger partial charge in [-0.15, -0.1) is 0 Å². The summed E-state index contributed by atoms with van der Waals surface area (Å²) < 4.78 is 15.6. The quantitative estimate of drug-likeness (QED) is 0.580. The molecule has 2 aromatic rings. The molecule has 0 saturated heterocycles. The molecule has 0 amide bonds. The minimum Gasteiger partial charge on any atom is -0.497 e. The molecule has 0 saturated carbocycles. The van der Waals surface area contributed by atoms with Crippen molar-refractivity contribution < 1.29 is 19.0 Å². The SMILES string of the molecule is CCOCCOC(=O)C(C)c1ccc2cc(OC)ccc2c1. The monoisotopic (exact) mass is 302 g/mol. The zero-order valence-corrected chi connectivity index (χ0v) is 13.3. The van der Waals surface area contributed by atoms with Crippen molar-refractivity contribution in [3.63, 3.8) is 0 Å². The van der Waals surface area contributed by atoms with Gasteiger partial charge in [0, 0.05) is 6.61 Å². The smallest absolute Gasteiger partial charge is 0.313 e. The van der Waals surface area contributed by atoms with E-state index in [0.29, 0.717) is 19.8 Å². The molecule has 2 rings (SSSR count). The summed E-state index contributed by atoms with van der Waals surface area (Å²) in [6.07, 6.45) is 0. The van der Waals surface area contributed by atoms with Crippen LogP contribution in [0.4, 0.5) is 0 Å². The first kappa shape index (κ1) is 16.3. The fourth-order valence-electron chi connectivity index (χ4n) is 2.25. The number of fused-ring (bicyclic) bond motifs is 1. The summed E-state index contributed by atoms with van der Waals surface area (Å²) in [6.45, 7) is 5.12. The molecule has 22 heavy (non-hydrogen) atoms. The van der Waals surface area contributed by atoms with E-state index in [0.717, 1.165) is 22.1 Å². The number of carbonyl (C=O) groups excluding carboxylic acids is 1. The lowest BCUT2D eigenvalue weighted by atomic mass is 9.98. The third-order valence-corrected chi connectivity index (χ3v) is 3.60. The molecule has 0 N–H and O–H groups in total. The van der Waals surface area contributed by atoms with Gasteiger partial charge in [0.15, 0.2) is 0 Å². The summed E-state index contributed by atoms with van der Waals surface area (Å²) in [5, 5.41) is 2.16. The van der Waals surface area contributed by atoms with Gasteiger partial charge in [-0.2, -0.15) is 0 Å². The zero-order chi connectivity index (χ0) is 15.9. The number of benzene rings is 2. The standard InChI is InChI=1S/C18H22O4/c1-4-21-9-10-22-18(19)13(2)14-5-6-16-12-17(20-3)8-7-15(16)11-14/h5-8,11-13H,4,9-10H2,1-3H3. The van der Waals surface area contributed by atoms with Gasteiger partial charge in [-0.3, -0.25) is 4.79 Å². The second-order valence-electron chi connectivity index (χ2n) is 5.06. The fourth-order valence-corrected chi connectivity index (χ4v) is 2.25. The highest BCUT2D eigenvalue weighted by Crippen LogP contribution is 2.25. The molecule has 0 aliphatic carbocycles. The first-order valence-electron chi connectivity index (χ1n) is 7.47. The fraction of sp³-hybridized carbons (Fsp3) is 0.389. The summed E-state index contributed by atoms with van der Waals surface area (Å²) in [5.41, 5.74) is 0.944. The predicted octanol–water partition coefficient (Wildman–Crippen LogP) is 3.53. The van der Waals surface area contributed by atoms with Gasteiger partial charge in [0.05, 0.1) is 19.6 Å². The number of esters is 1. The Kier molecular flexibility index (Phi) is 5.78. The van der Waals surface area contributed by atoms with E-state index in [1.54, 1.807) is 7.11 Å². The third-order valence-electron chi connectivity index (χ3n) is 3.60. The number of hydrogen-bond donors (Lipinski definition) is 0. The van der Waals surface area contributed by atoms with Crippen molar-refractivity contribution in [2.24, 2.45) is 0 Å². The van der Waals surface area contributed by atoms with Crippen LogP contribution in [0.1, 0.15) is 25.3 Å². The van der Waals surface area contributed by atoms with Gasteiger partial charge in [-0.1, -0.05) is 24.3 Å². The van der Waals surface area contributed by atoms with E-state index in [2.05, 4.69) is 0 Å². The van der Waals surface area contributed by atoms with E-state index in [1.165, 1.54) is 0 Å². The minimum absolute atomic E-state index is 0.229. The first-order valence-corrected chi connectivity index (χ1v) is 7.47. The van der Waals surface area contributed by atoms with Gasteiger partial charge in [-0.05, 0) is 42.3 Å². The highest BCUT2D eigenvalue weighted by Gasteiger charge is 2.17. The second kappa shape index (κ2) is 7.80. The largest absolute Gasteiger partial charge is 0.497 e. The third kappa shape index (κ3) is 3.98. The number of hydrogen-bond acceptors (Lipinski definition) is 4. The van der Waals surface area contributed by atoms with Gasteiger partial charge < -0.3 is 14.2 Å². The van der Waals surface area contributed by atoms with Crippen LogP contribution in [0.25, 0.3) is 10.8 Å². The number of carbonyl (C=O) groups is 1.